The van der Waals surface area contributed by atoms with Crippen molar-refractivity contribution < 1.29 is 61.9 Å². The first-order chi connectivity index (χ1) is 37.4. The SMILES string of the molecule is CCCCCCCCCCCCCC(=O)O[C@H](CCCCCCCCCCC)CC(=O)O[C@H]1[C@H](O)[C@@H](CO)O[C@H](OCC(=O)OC(c2ccccc2)c2ccccc2)[C@@H]1NC(=O)C(F)(F)CCCCCCCCCCCC. The number of hydrogen-bond donors (Lipinski definition) is 3. The molecule has 0 spiro atoms. The molecule has 1 saturated heterocycles. The molecule has 77 heavy (non-hydrogen) atoms. The first-order valence-corrected chi connectivity index (χ1v) is 30.4. The maximum Gasteiger partial charge on any atom is 0.333 e. The average molecular weight is 1090 g/mol. The number of hydrogen-bond acceptors (Lipinski definition) is 11. The lowest BCUT2D eigenvalue weighted by atomic mass is 9.95. The van der Waals surface area contributed by atoms with Gasteiger partial charge in [-0.15, -0.1) is 0 Å². The van der Waals surface area contributed by atoms with Crippen molar-refractivity contribution in [1.29, 1.82) is 0 Å². The highest BCUT2D eigenvalue weighted by Gasteiger charge is 2.51. The van der Waals surface area contributed by atoms with Gasteiger partial charge in [0.2, 0.25) is 0 Å². The summed E-state index contributed by atoms with van der Waals surface area (Å²) in [5.74, 6) is -7.82. The zero-order valence-electron chi connectivity index (χ0n) is 47.6. The zero-order valence-corrected chi connectivity index (χ0v) is 47.6. The Balaban J connectivity index is 1.77. The second-order valence-electron chi connectivity index (χ2n) is 21.5. The predicted molar refractivity (Wildman–Crippen MR) is 299 cm³/mol. The zero-order chi connectivity index (χ0) is 55.8. The van der Waals surface area contributed by atoms with E-state index in [4.69, 9.17) is 23.7 Å². The maximum absolute atomic E-state index is 15.8. The van der Waals surface area contributed by atoms with E-state index in [0.717, 1.165) is 83.5 Å². The third-order valence-electron chi connectivity index (χ3n) is 14.7. The second-order valence-corrected chi connectivity index (χ2v) is 21.5. The van der Waals surface area contributed by atoms with Gasteiger partial charge in [0.25, 0.3) is 5.91 Å². The third-order valence-corrected chi connectivity index (χ3v) is 14.7. The molecule has 3 N–H and O–H groups in total. The number of carbonyl (C=O) groups is 4. The van der Waals surface area contributed by atoms with Gasteiger partial charge in [-0.1, -0.05) is 255 Å². The lowest BCUT2D eigenvalue weighted by Crippen LogP contribution is -2.67. The molecule has 1 amide bonds. The Morgan fingerprint density at radius 3 is 1.49 bits per heavy atom. The Morgan fingerprint density at radius 2 is 1.03 bits per heavy atom. The molecule has 438 valence electrons. The van der Waals surface area contributed by atoms with E-state index in [9.17, 15) is 29.4 Å². The largest absolute Gasteiger partial charge is 0.462 e. The van der Waals surface area contributed by atoms with Gasteiger partial charge in [0.15, 0.2) is 18.5 Å². The Bertz CT molecular complexity index is 1780. The van der Waals surface area contributed by atoms with Crippen LogP contribution in [0.3, 0.4) is 0 Å². The summed E-state index contributed by atoms with van der Waals surface area (Å²) in [5, 5.41) is 24.3. The molecule has 2 aromatic rings. The summed E-state index contributed by atoms with van der Waals surface area (Å²) < 4.78 is 61.1. The number of halogens is 2. The van der Waals surface area contributed by atoms with Crippen LogP contribution < -0.4 is 5.32 Å². The number of rotatable bonds is 46. The van der Waals surface area contributed by atoms with Crippen LogP contribution in [0.1, 0.15) is 256 Å². The summed E-state index contributed by atoms with van der Waals surface area (Å²) in [7, 11) is 0. The molecule has 0 saturated carbocycles. The average Bonchev–Trinajstić information content (AvgIpc) is 3.43. The van der Waals surface area contributed by atoms with Gasteiger partial charge >= 0.3 is 23.8 Å². The van der Waals surface area contributed by atoms with Crippen molar-refractivity contribution in [1.82, 2.24) is 5.32 Å². The van der Waals surface area contributed by atoms with Gasteiger partial charge in [-0.25, -0.2) is 4.79 Å². The van der Waals surface area contributed by atoms with E-state index in [1.807, 2.05) is 12.1 Å². The standard InChI is InChI=1S/C63H101F2NO11/c1-4-7-10-13-16-19-21-23-26-29-38-45-54(68)74-52(44-37-28-25-22-18-15-12-9-6-3)47-55(69)76-60-57(66-62(72)63(64,65)46-39-30-27-24-20-17-14-11-8-5-2)61(75-53(48-67)58(60)71)73-49-56(70)77-59(50-40-33-31-34-41-50)51-42-35-32-36-43-51/h31-36,40-43,52-53,57-61,67,71H,4-30,37-39,44-49H2,1-3H3,(H,66,72)/t52-,53-,57-,58-,60-,61+/m1/s1. The van der Waals surface area contributed by atoms with E-state index in [0.29, 0.717) is 36.8 Å². The minimum absolute atomic E-state index is 0.0825. The van der Waals surface area contributed by atoms with Crippen molar-refractivity contribution in [2.24, 2.45) is 0 Å². The Kier molecular flexibility index (Phi) is 36.7. The summed E-state index contributed by atoms with van der Waals surface area (Å²) in [4.78, 5) is 54.6. The second kappa shape index (κ2) is 42.0. The summed E-state index contributed by atoms with van der Waals surface area (Å²) in [6, 6.07) is 16.3. The molecule has 0 radical (unpaired) electrons. The molecule has 1 heterocycles. The van der Waals surface area contributed by atoms with Gasteiger partial charge in [-0.2, -0.15) is 8.78 Å². The number of amides is 1. The van der Waals surface area contributed by atoms with E-state index in [1.54, 1.807) is 48.5 Å². The molecule has 6 atom stereocenters. The highest BCUT2D eigenvalue weighted by atomic mass is 19.3. The summed E-state index contributed by atoms with van der Waals surface area (Å²) in [5.41, 5.74) is 1.34. The van der Waals surface area contributed by atoms with Crippen molar-refractivity contribution in [3.63, 3.8) is 0 Å². The van der Waals surface area contributed by atoms with Crippen LogP contribution in [-0.2, 0) is 42.9 Å². The minimum Gasteiger partial charge on any atom is -0.462 e. The lowest BCUT2D eigenvalue weighted by Gasteiger charge is -2.44. The molecule has 0 unspecified atom stereocenters. The summed E-state index contributed by atoms with van der Waals surface area (Å²) >= 11 is 0. The Labute approximate surface area is 462 Å². The Morgan fingerprint density at radius 1 is 0.584 bits per heavy atom. The Hall–Kier alpha value is -3.98. The van der Waals surface area contributed by atoms with Crippen LogP contribution in [0, 0.1) is 0 Å². The fourth-order valence-corrected chi connectivity index (χ4v) is 10.1. The fraction of sp³-hybridized carbons (Fsp3) is 0.746. The van der Waals surface area contributed by atoms with Gasteiger partial charge in [-0.3, -0.25) is 14.4 Å². The summed E-state index contributed by atoms with van der Waals surface area (Å²) in [6.45, 7) is 4.94. The predicted octanol–water partition coefficient (Wildman–Crippen LogP) is 14.7. The number of aliphatic hydroxyl groups excluding tert-OH is 2. The number of aliphatic hydroxyl groups is 2. The molecule has 1 aliphatic heterocycles. The van der Waals surface area contributed by atoms with Crippen LogP contribution in [0.25, 0.3) is 0 Å². The molecule has 12 nitrogen and oxygen atoms in total. The van der Waals surface area contributed by atoms with Crippen molar-refractivity contribution >= 4 is 23.8 Å². The number of alkyl halides is 2. The first kappa shape index (κ1) is 67.3. The molecule has 3 rings (SSSR count). The van der Waals surface area contributed by atoms with Gasteiger partial charge in [-0.05, 0) is 36.8 Å². The molecule has 14 heteroatoms. The van der Waals surface area contributed by atoms with E-state index in [2.05, 4.69) is 26.1 Å². The van der Waals surface area contributed by atoms with Crippen LogP contribution in [0.2, 0.25) is 0 Å². The van der Waals surface area contributed by atoms with E-state index < -0.39 is 98.6 Å². The van der Waals surface area contributed by atoms with Gasteiger partial charge in [0, 0.05) is 12.8 Å². The first-order valence-electron chi connectivity index (χ1n) is 30.4. The van der Waals surface area contributed by atoms with Crippen LogP contribution in [-0.4, -0.2) is 89.9 Å². The quantitative estimate of drug-likeness (QED) is 0.0328. The van der Waals surface area contributed by atoms with E-state index in [1.165, 1.54) is 83.5 Å². The minimum atomic E-state index is -3.88. The molecular weight excluding hydrogens is 985 g/mol. The summed E-state index contributed by atoms with van der Waals surface area (Å²) in [6.07, 6.45) is 21.8. The monoisotopic (exact) mass is 1090 g/mol. The van der Waals surface area contributed by atoms with Gasteiger partial charge < -0.3 is 39.2 Å². The molecule has 0 bridgehead atoms. The van der Waals surface area contributed by atoms with E-state index in [-0.39, 0.29) is 12.8 Å². The van der Waals surface area contributed by atoms with Crippen LogP contribution in [0.4, 0.5) is 8.78 Å². The molecule has 2 aromatic carbocycles. The van der Waals surface area contributed by atoms with Crippen molar-refractivity contribution in [3.8, 4) is 0 Å². The smallest absolute Gasteiger partial charge is 0.333 e. The number of nitrogens with one attached hydrogen (secondary N) is 1. The van der Waals surface area contributed by atoms with Crippen molar-refractivity contribution in [2.45, 2.75) is 288 Å². The van der Waals surface area contributed by atoms with Gasteiger partial charge in [0.1, 0.15) is 31.0 Å². The number of carbonyl (C=O) groups excluding carboxylic acids is 4. The fourth-order valence-electron chi connectivity index (χ4n) is 10.1. The molecule has 1 aliphatic rings. The van der Waals surface area contributed by atoms with Crippen LogP contribution in [0.5, 0.6) is 0 Å². The number of unbranched alkanes of at least 4 members (excludes halogenated alkanes) is 27. The number of esters is 3. The highest BCUT2D eigenvalue weighted by molar-refractivity contribution is 5.83. The molecule has 0 aromatic heterocycles. The lowest BCUT2D eigenvalue weighted by molar-refractivity contribution is -0.274. The molecule has 1 fully saturated rings. The molecule has 0 aliphatic carbocycles. The van der Waals surface area contributed by atoms with Crippen molar-refractivity contribution in [2.75, 3.05) is 13.2 Å². The number of ether oxygens (including phenoxy) is 5. The normalized spacial score (nSPS) is 18.0. The number of benzene rings is 2. The van der Waals surface area contributed by atoms with Crippen molar-refractivity contribution in [3.05, 3.63) is 71.8 Å². The topological polar surface area (TPSA) is 167 Å². The van der Waals surface area contributed by atoms with Gasteiger partial charge in [0.05, 0.1) is 13.0 Å². The van der Waals surface area contributed by atoms with Crippen LogP contribution >= 0.6 is 0 Å². The highest BCUT2D eigenvalue weighted by Crippen LogP contribution is 2.31. The van der Waals surface area contributed by atoms with E-state index >= 15 is 8.78 Å². The maximum atomic E-state index is 15.8. The molecular formula is C63H101F2NO11. The third kappa shape index (κ3) is 29.2. The van der Waals surface area contributed by atoms with Crippen LogP contribution in [0.15, 0.2) is 60.7 Å².